The molecule has 0 bridgehead atoms. The zero-order chi connectivity index (χ0) is 13.1. The maximum Gasteiger partial charge on any atom is 0.253 e. The largest absolute Gasteiger partial charge is 0.398 e. The molecule has 1 amide bonds. The molecule has 1 aliphatic rings. The number of amides is 1. The number of nitrogens with two attached hydrogens (primary N) is 1. The number of carbonyl (C=O) groups is 1. The molecule has 2 atom stereocenters. The lowest BCUT2D eigenvalue weighted by Gasteiger charge is -2.19. The number of rotatable bonds is 3. The van der Waals surface area contributed by atoms with E-state index in [0.717, 1.165) is 19.1 Å². The van der Waals surface area contributed by atoms with Gasteiger partial charge in [0.2, 0.25) is 0 Å². The van der Waals surface area contributed by atoms with E-state index < -0.39 is 5.82 Å². The molecule has 1 saturated heterocycles. The minimum Gasteiger partial charge on any atom is -0.398 e. The van der Waals surface area contributed by atoms with Crippen molar-refractivity contribution in [3.05, 3.63) is 29.6 Å². The third-order valence-electron chi connectivity index (χ3n) is 3.29. The Morgan fingerprint density at radius 1 is 1.61 bits per heavy atom. The van der Waals surface area contributed by atoms with E-state index in [2.05, 4.69) is 5.32 Å². The standard InChI is InChI=1S/C13H17FN2O2/c1-8(9-4-5-18-7-9)16-13(17)11-3-2-10(14)6-12(11)15/h2-3,6,8-9H,4-5,7,15H2,1H3,(H,16,17). The van der Waals surface area contributed by atoms with Gasteiger partial charge in [-0.2, -0.15) is 0 Å². The number of nitrogens with one attached hydrogen (secondary N) is 1. The second-order valence-electron chi connectivity index (χ2n) is 4.62. The molecule has 2 unspecified atom stereocenters. The van der Waals surface area contributed by atoms with E-state index in [1.807, 2.05) is 6.92 Å². The summed E-state index contributed by atoms with van der Waals surface area (Å²) >= 11 is 0. The summed E-state index contributed by atoms with van der Waals surface area (Å²) in [5.74, 6) is -0.385. The molecule has 1 aliphatic heterocycles. The highest BCUT2D eigenvalue weighted by molar-refractivity contribution is 5.99. The molecule has 2 rings (SSSR count). The van der Waals surface area contributed by atoms with Crippen LogP contribution in [0.5, 0.6) is 0 Å². The van der Waals surface area contributed by atoms with Gasteiger partial charge < -0.3 is 15.8 Å². The van der Waals surface area contributed by atoms with Crippen LogP contribution in [0.3, 0.4) is 0 Å². The van der Waals surface area contributed by atoms with Gasteiger partial charge in [0, 0.05) is 24.3 Å². The summed E-state index contributed by atoms with van der Waals surface area (Å²) in [4.78, 5) is 12.0. The molecule has 98 valence electrons. The lowest BCUT2D eigenvalue weighted by atomic mass is 10.0. The monoisotopic (exact) mass is 252 g/mol. The van der Waals surface area contributed by atoms with E-state index in [1.54, 1.807) is 0 Å². The molecule has 1 aromatic carbocycles. The second-order valence-corrected chi connectivity index (χ2v) is 4.62. The normalized spacial score (nSPS) is 20.7. The van der Waals surface area contributed by atoms with Gasteiger partial charge in [-0.3, -0.25) is 4.79 Å². The first-order valence-corrected chi connectivity index (χ1v) is 6.01. The first-order valence-electron chi connectivity index (χ1n) is 6.01. The van der Waals surface area contributed by atoms with Crippen LogP contribution in [-0.4, -0.2) is 25.2 Å². The summed E-state index contributed by atoms with van der Waals surface area (Å²) < 4.78 is 18.2. The van der Waals surface area contributed by atoms with Crippen molar-refractivity contribution >= 4 is 11.6 Å². The molecule has 18 heavy (non-hydrogen) atoms. The lowest BCUT2D eigenvalue weighted by Crippen LogP contribution is -2.38. The average Bonchev–Trinajstić information content (AvgIpc) is 2.81. The molecule has 0 radical (unpaired) electrons. The Bertz CT molecular complexity index is 445. The Morgan fingerprint density at radius 2 is 2.39 bits per heavy atom. The highest BCUT2D eigenvalue weighted by Gasteiger charge is 2.24. The molecule has 0 aromatic heterocycles. The van der Waals surface area contributed by atoms with Crippen LogP contribution in [0.2, 0.25) is 0 Å². The minimum absolute atomic E-state index is 0.0180. The van der Waals surface area contributed by atoms with Gasteiger partial charge in [-0.1, -0.05) is 0 Å². The number of anilines is 1. The Balaban J connectivity index is 2.02. The molecule has 3 N–H and O–H groups in total. The first kappa shape index (κ1) is 12.8. The number of ether oxygens (including phenoxy) is 1. The molecular weight excluding hydrogens is 235 g/mol. The SMILES string of the molecule is CC(NC(=O)c1ccc(F)cc1N)C1CCOC1. The molecule has 0 saturated carbocycles. The number of carbonyl (C=O) groups excluding carboxylic acids is 1. The van der Waals surface area contributed by atoms with Gasteiger partial charge in [0.05, 0.1) is 12.2 Å². The molecule has 1 heterocycles. The van der Waals surface area contributed by atoms with E-state index in [4.69, 9.17) is 10.5 Å². The third-order valence-corrected chi connectivity index (χ3v) is 3.29. The fourth-order valence-corrected chi connectivity index (χ4v) is 2.09. The summed E-state index contributed by atoms with van der Waals surface area (Å²) in [5.41, 5.74) is 6.09. The van der Waals surface area contributed by atoms with E-state index >= 15 is 0 Å². The summed E-state index contributed by atoms with van der Waals surface area (Å²) in [6.45, 7) is 3.35. The van der Waals surface area contributed by atoms with Crippen molar-refractivity contribution in [3.63, 3.8) is 0 Å². The Hall–Kier alpha value is -1.62. The number of halogens is 1. The molecule has 0 aliphatic carbocycles. The van der Waals surface area contributed by atoms with Gasteiger partial charge in [-0.25, -0.2) is 4.39 Å². The zero-order valence-electron chi connectivity index (χ0n) is 10.3. The number of nitrogen functional groups attached to an aromatic ring is 1. The molecule has 1 aromatic rings. The predicted molar refractivity (Wildman–Crippen MR) is 66.7 cm³/mol. The average molecular weight is 252 g/mol. The highest BCUT2D eigenvalue weighted by Crippen LogP contribution is 2.18. The maximum atomic E-state index is 12.9. The summed E-state index contributed by atoms with van der Waals surface area (Å²) in [6, 6.07) is 3.80. The van der Waals surface area contributed by atoms with Crippen LogP contribution in [0.25, 0.3) is 0 Å². The van der Waals surface area contributed by atoms with Crippen molar-refractivity contribution in [2.45, 2.75) is 19.4 Å². The number of hydrogen-bond acceptors (Lipinski definition) is 3. The van der Waals surface area contributed by atoms with Gasteiger partial charge in [0.25, 0.3) is 5.91 Å². The van der Waals surface area contributed by atoms with Gasteiger partial charge in [-0.15, -0.1) is 0 Å². The quantitative estimate of drug-likeness (QED) is 0.802. The van der Waals surface area contributed by atoms with Crippen LogP contribution in [0.4, 0.5) is 10.1 Å². The molecule has 5 heteroatoms. The van der Waals surface area contributed by atoms with Crippen molar-refractivity contribution in [1.82, 2.24) is 5.32 Å². The Labute approximate surface area is 105 Å². The van der Waals surface area contributed by atoms with Gasteiger partial charge in [-0.05, 0) is 31.5 Å². The summed E-state index contributed by atoms with van der Waals surface area (Å²) in [7, 11) is 0. The molecular formula is C13H17FN2O2. The van der Waals surface area contributed by atoms with Crippen molar-refractivity contribution in [1.29, 1.82) is 0 Å². The van der Waals surface area contributed by atoms with Crippen LogP contribution >= 0.6 is 0 Å². The summed E-state index contributed by atoms with van der Waals surface area (Å²) in [5, 5.41) is 2.88. The lowest BCUT2D eigenvalue weighted by molar-refractivity contribution is 0.0923. The topological polar surface area (TPSA) is 64.4 Å². The Kier molecular flexibility index (Phi) is 3.81. The minimum atomic E-state index is -0.443. The number of benzene rings is 1. The van der Waals surface area contributed by atoms with Gasteiger partial charge >= 0.3 is 0 Å². The van der Waals surface area contributed by atoms with Gasteiger partial charge in [0.1, 0.15) is 5.82 Å². The maximum absolute atomic E-state index is 12.9. The van der Waals surface area contributed by atoms with Crippen molar-refractivity contribution in [2.24, 2.45) is 5.92 Å². The third kappa shape index (κ3) is 2.79. The van der Waals surface area contributed by atoms with Crippen LogP contribution in [-0.2, 0) is 4.74 Å². The molecule has 1 fully saturated rings. The van der Waals surface area contributed by atoms with Gasteiger partial charge in [0.15, 0.2) is 0 Å². The van der Waals surface area contributed by atoms with E-state index in [0.29, 0.717) is 18.1 Å². The van der Waals surface area contributed by atoms with Crippen LogP contribution in [0.15, 0.2) is 18.2 Å². The van der Waals surface area contributed by atoms with Crippen LogP contribution in [0.1, 0.15) is 23.7 Å². The van der Waals surface area contributed by atoms with Crippen molar-refractivity contribution in [3.8, 4) is 0 Å². The van der Waals surface area contributed by atoms with E-state index in [-0.39, 0.29) is 17.6 Å². The van der Waals surface area contributed by atoms with Crippen LogP contribution in [0, 0.1) is 11.7 Å². The summed E-state index contributed by atoms with van der Waals surface area (Å²) in [6.07, 6.45) is 0.945. The predicted octanol–water partition coefficient (Wildman–Crippen LogP) is 1.56. The Morgan fingerprint density at radius 3 is 3.00 bits per heavy atom. The first-order chi connectivity index (χ1) is 8.58. The van der Waals surface area contributed by atoms with Crippen molar-refractivity contribution < 1.29 is 13.9 Å². The molecule has 4 nitrogen and oxygen atoms in total. The smallest absolute Gasteiger partial charge is 0.253 e. The van der Waals surface area contributed by atoms with Crippen molar-refractivity contribution in [2.75, 3.05) is 18.9 Å². The molecule has 0 spiro atoms. The fraction of sp³-hybridized carbons (Fsp3) is 0.462. The van der Waals surface area contributed by atoms with E-state index in [1.165, 1.54) is 12.1 Å². The van der Waals surface area contributed by atoms with Crippen LogP contribution < -0.4 is 11.1 Å². The van der Waals surface area contributed by atoms with E-state index in [9.17, 15) is 9.18 Å². The fourth-order valence-electron chi connectivity index (χ4n) is 2.09. The number of hydrogen-bond donors (Lipinski definition) is 2. The highest BCUT2D eigenvalue weighted by atomic mass is 19.1. The second kappa shape index (κ2) is 5.35. The zero-order valence-corrected chi connectivity index (χ0v) is 10.3.